The van der Waals surface area contributed by atoms with Gasteiger partial charge in [-0.2, -0.15) is 4.31 Å². The number of nitrogens with zero attached hydrogens (tertiary/aromatic N) is 2. The van der Waals surface area contributed by atoms with Crippen molar-refractivity contribution in [3.8, 4) is 5.75 Å². The van der Waals surface area contributed by atoms with Crippen LogP contribution in [-0.4, -0.2) is 63.7 Å². The average molecular weight is 421 g/mol. The number of anilines is 1. The van der Waals surface area contributed by atoms with Gasteiger partial charge in [-0.25, -0.2) is 12.8 Å². The Morgan fingerprint density at radius 3 is 2.34 bits per heavy atom. The Labute approximate surface area is 170 Å². The van der Waals surface area contributed by atoms with E-state index in [4.69, 9.17) is 4.74 Å². The lowest BCUT2D eigenvalue weighted by molar-refractivity contribution is -0.122. The van der Waals surface area contributed by atoms with Crippen LogP contribution in [0, 0.1) is 5.82 Å². The van der Waals surface area contributed by atoms with Gasteiger partial charge in [0, 0.05) is 32.7 Å². The number of rotatable bonds is 8. The number of ether oxygens (including phenoxy) is 1. The van der Waals surface area contributed by atoms with Gasteiger partial charge in [0.1, 0.15) is 11.6 Å². The van der Waals surface area contributed by atoms with Crippen LogP contribution in [0.5, 0.6) is 5.75 Å². The smallest absolute Gasteiger partial charge is 0.257 e. The van der Waals surface area contributed by atoms with Gasteiger partial charge in [-0.1, -0.05) is 30.3 Å². The van der Waals surface area contributed by atoms with E-state index in [0.717, 1.165) is 0 Å². The summed E-state index contributed by atoms with van der Waals surface area (Å²) in [6.45, 7) is 1.22. The highest BCUT2D eigenvalue weighted by Gasteiger charge is 2.27. The molecule has 0 saturated carbocycles. The van der Waals surface area contributed by atoms with E-state index >= 15 is 0 Å². The van der Waals surface area contributed by atoms with Crippen molar-refractivity contribution in [3.05, 3.63) is 60.4 Å². The summed E-state index contributed by atoms with van der Waals surface area (Å²) in [5.74, 6) is -0.315. The number of hydrogen-bond acceptors (Lipinski definition) is 5. The highest BCUT2D eigenvalue weighted by Crippen LogP contribution is 2.21. The third-order valence-corrected chi connectivity index (χ3v) is 6.49. The Morgan fingerprint density at radius 2 is 1.66 bits per heavy atom. The normalized spacial score (nSPS) is 15.1. The molecule has 1 aliphatic rings. The maximum atomic E-state index is 13.9. The Balaban J connectivity index is 1.41. The minimum Gasteiger partial charge on any atom is -0.484 e. The number of halogens is 1. The van der Waals surface area contributed by atoms with Gasteiger partial charge in [0.05, 0.1) is 11.4 Å². The fraction of sp³-hybridized carbons (Fsp3) is 0.350. The van der Waals surface area contributed by atoms with Crippen LogP contribution in [0.2, 0.25) is 0 Å². The van der Waals surface area contributed by atoms with E-state index in [1.807, 2.05) is 11.0 Å². The zero-order chi connectivity index (χ0) is 20.7. The maximum Gasteiger partial charge on any atom is 0.257 e. The Kier molecular flexibility index (Phi) is 7.05. The zero-order valence-corrected chi connectivity index (χ0v) is 16.8. The summed E-state index contributed by atoms with van der Waals surface area (Å²) in [5.41, 5.74) is 0.482. The van der Waals surface area contributed by atoms with E-state index in [2.05, 4.69) is 5.32 Å². The minimum absolute atomic E-state index is 0.00679. The summed E-state index contributed by atoms with van der Waals surface area (Å²) < 4.78 is 45.6. The van der Waals surface area contributed by atoms with Crippen molar-refractivity contribution in [3.63, 3.8) is 0 Å². The molecule has 2 aromatic rings. The van der Waals surface area contributed by atoms with Crippen LogP contribution in [0.3, 0.4) is 0 Å². The van der Waals surface area contributed by atoms with Crippen LogP contribution >= 0.6 is 0 Å². The fourth-order valence-electron chi connectivity index (χ4n) is 3.08. The van der Waals surface area contributed by atoms with Crippen molar-refractivity contribution >= 4 is 21.6 Å². The van der Waals surface area contributed by atoms with E-state index in [0.29, 0.717) is 24.5 Å². The van der Waals surface area contributed by atoms with Crippen molar-refractivity contribution in [2.45, 2.75) is 0 Å². The molecule has 1 amide bonds. The van der Waals surface area contributed by atoms with Crippen molar-refractivity contribution < 1.29 is 22.3 Å². The Morgan fingerprint density at radius 1 is 1.00 bits per heavy atom. The van der Waals surface area contributed by atoms with Crippen LogP contribution in [-0.2, 0) is 14.8 Å². The predicted molar refractivity (Wildman–Crippen MR) is 109 cm³/mol. The molecule has 0 atom stereocenters. The third-order valence-electron chi connectivity index (χ3n) is 4.62. The molecule has 1 saturated heterocycles. The molecular weight excluding hydrogens is 397 g/mol. The van der Waals surface area contributed by atoms with Crippen LogP contribution in [0.4, 0.5) is 10.1 Å². The predicted octanol–water partition coefficient (Wildman–Crippen LogP) is 1.47. The van der Waals surface area contributed by atoms with Gasteiger partial charge in [0.15, 0.2) is 6.61 Å². The van der Waals surface area contributed by atoms with Crippen LogP contribution in [0.1, 0.15) is 0 Å². The number of carbonyl (C=O) groups excluding carboxylic acids is 1. The molecule has 1 aliphatic heterocycles. The number of para-hydroxylation sites is 2. The molecule has 3 rings (SSSR count). The van der Waals surface area contributed by atoms with Crippen molar-refractivity contribution in [1.29, 1.82) is 0 Å². The van der Waals surface area contributed by atoms with E-state index < -0.39 is 10.0 Å². The molecule has 9 heteroatoms. The summed E-state index contributed by atoms with van der Waals surface area (Å²) in [7, 11) is -3.50. The van der Waals surface area contributed by atoms with Crippen molar-refractivity contribution in [2.24, 2.45) is 0 Å². The lowest BCUT2D eigenvalue weighted by Crippen LogP contribution is -2.50. The van der Waals surface area contributed by atoms with Gasteiger partial charge in [-0.15, -0.1) is 0 Å². The number of nitrogens with one attached hydrogen (secondary N) is 1. The van der Waals surface area contributed by atoms with E-state index in [1.54, 1.807) is 42.5 Å². The summed E-state index contributed by atoms with van der Waals surface area (Å²) in [6, 6.07) is 15.4. The first-order chi connectivity index (χ1) is 14.0. The highest BCUT2D eigenvalue weighted by atomic mass is 32.2. The number of carbonyl (C=O) groups is 1. The number of sulfonamides is 1. The first-order valence-corrected chi connectivity index (χ1v) is 11.0. The van der Waals surface area contributed by atoms with Gasteiger partial charge in [0.25, 0.3) is 5.91 Å². The molecular formula is C20H24FN3O4S. The van der Waals surface area contributed by atoms with Gasteiger partial charge in [-0.3, -0.25) is 4.79 Å². The molecule has 0 aliphatic carbocycles. The number of amides is 1. The third kappa shape index (κ3) is 5.91. The molecule has 156 valence electrons. The summed E-state index contributed by atoms with van der Waals surface area (Å²) in [4.78, 5) is 13.7. The number of benzene rings is 2. The molecule has 1 fully saturated rings. The van der Waals surface area contributed by atoms with Crippen molar-refractivity contribution in [1.82, 2.24) is 9.62 Å². The molecule has 0 unspecified atom stereocenters. The highest BCUT2D eigenvalue weighted by molar-refractivity contribution is 7.89. The van der Waals surface area contributed by atoms with E-state index in [9.17, 15) is 17.6 Å². The molecule has 2 aromatic carbocycles. The Bertz CT molecular complexity index is 916. The lowest BCUT2D eigenvalue weighted by atomic mass is 10.2. The first-order valence-electron chi connectivity index (χ1n) is 9.37. The van der Waals surface area contributed by atoms with Gasteiger partial charge < -0.3 is 15.0 Å². The number of hydrogen-bond donors (Lipinski definition) is 1. The molecule has 0 bridgehead atoms. The SMILES string of the molecule is O=C(COc1ccccc1)NCCS(=O)(=O)N1CCN(c2ccccc2F)CC1. The molecule has 1 N–H and O–H groups in total. The second-order valence-corrected chi connectivity index (χ2v) is 8.69. The number of piperazine rings is 1. The molecule has 7 nitrogen and oxygen atoms in total. The lowest BCUT2D eigenvalue weighted by Gasteiger charge is -2.35. The molecule has 1 heterocycles. The Hall–Kier alpha value is -2.65. The van der Waals surface area contributed by atoms with E-state index in [1.165, 1.54) is 10.4 Å². The largest absolute Gasteiger partial charge is 0.484 e. The van der Waals surface area contributed by atoms with Gasteiger partial charge >= 0.3 is 0 Å². The van der Waals surface area contributed by atoms with Crippen molar-refractivity contribution in [2.75, 3.05) is 50.0 Å². The molecule has 0 aromatic heterocycles. The first kappa shape index (κ1) is 21.1. The summed E-state index contributed by atoms with van der Waals surface area (Å²) >= 11 is 0. The fourth-order valence-corrected chi connectivity index (χ4v) is 4.42. The van der Waals surface area contributed by atoms with Gasteiger partial charge in [0.2, 0.25) is 10.0 Å². The molecule has 0 radical (unpaired) electrons. The zero-order valence-electron chi connectivity index (χ0n) is 16.0. The second-order valence-electron chi connectivity index (χ2n) is 6.61. The van der Waals surface area contributed by atoms with Crippen LogP contribution in [0.25, 0.3) is 0 Å². The van der Waals surface area contributed by atoms with E-state index in [-0.39, 0.29) is 43.7 Å². The quantitative estimate of drug-likeness (QED) is 0.699. The standard InChI is InChI=1S/C20H24FN3O4S/c21-18-8-4-5-9-19(18)23-11-13-24(14-12-23)29(26,27)15-10-22-20(25)16-28-17-6-2-1-3-7-17/h1-9H,10-16H2,(H,22,25). The average Bonchev–Trinajstić information content (AvgIpc) is 2.73. The minimum atomic E-state index is -3.50. The topological polar surface area (TPSA) is 78.9 Å². The second kappa shape index (κ2) is 9.71. The maximum absolute atomic E-state index is 13.9. The van der Waals surface area contributed by atoms with Crippen LogP contribution in [0.15, 0.2) is 54.6 Å². The molecule has 0 spiro atoms. The summed E-state index contributed by atoms with van der Waals surface area (Å²) in [6.07, 6.45) is 0. The monoisotopic (exact) mass is 421 g/mol. The van der Waals surface area contributed by atoms with Crippen LogP contribution < -0.4 is 15.0 Å². The van der Waals surface area contributed by atoms with Gasteiger partial charge in [-0.05, 0) is 24.3 Å². The molecule has 29 heavy (non-hydrogen) atoms. The summed E-state index contributed by atoms with van der Waals surface area (Å²) in [5, 5.41) is 2.56.